The minimum Gasteiger partial charge on any atom is -0.342 e. The summed E-state index contributed by atoms with van der Waals surface area (Å²) in [6.07, 6.45) is 7.89. The van der Waals surface area contributed by atoms with Gasteiger partial charge in [-0.2, -0.15) is 0 Å². The molecule has 134 valence electrons. The predicted octanol–water partition coefficient (Wildman–Crippen LogP) is 0.564. The number of H-pyrrole nitrogens is 1. The van der Waals surface area contributed by atoms with Gasteiger partial charge in [0, 0.05) is 37.9 Å². The third-order valence-corrected chi connectivity index (χ3v) is 5.84. The summed E-state index contributed by atoms with van der Waals surface area (Å²) in [7, 11) is 0. The Hall–Kier alpha value is -2.18. The van der Waals surface area contributed by atoms with Crippen LogP contribution in [-0.2, 0) is 16.0 Å². The Balaban J connectivity index is 1.43. The molecule has 1 atom stereocenters. The summed E-state index contributed by atoms with van der Waals surface area (Å²) < 4.78 is 0. The zero-order valence-corrected chi connectivity index (χ0v) is 14.4. The summed E-state index contributed by atoms with van der Waals surface area (Å²) in [6.45, 7) is 2.83. The van der Waals surface area contributed by atoms with Crippen LogP contribution in [0.2, 0.25) is 0 Å². The Morgan fingerprint density at radius 1 is 1.28 bits per heavy atom. The zero-order chi connectivity index (χ0) is 17.4. The van der Waals surface area contributed by atoms with Gasteiger partial charge in [-0.05, 0) is 38.0 Å². The van der Waals surface area contributed by atoms with Crippen LogP contribution in [0.1, 0.15) is 37.7 Å². The summed E-state index contributed by atoms with van der Waals surface area (Å²) in [5, 5.41) is 0. The summed E-state index contributed by atoms with van der Waals surface area (Å²) in [6, 6.07) is 0. The molecule has 7 nitrogen and oxygen atoms in total. The standard InChI is InChI=1S/C18H24N4O3/c23-15(8-14-9-19-12-20-16(14)24)22-7-5-18(11-22)4-1-6-21(17(18)25)10-13-2-3-13/h9,12-13H,1-8,10-11H2,(H,19,20,24)/t18-/m0/s1. The van der Waals surface area contributed by atoms with Crippen molar-refractivity contribution < 1.29 is 9.59 Å². The summed E-state index contributed by atoms with van der Waals surface area (Å²) >= 11 is 0. The van der Waals surface area contributed by atoms with Crippen LogP contribution in [0.4, 0.5) is 0 Å². The van der Waals surface area contributed by atoms with Crippen LogP contribution < -0.4 is 5.56 Å². The molecule has 7 heteroatoms. The van der Waals surface area contributed by atoms with Crippen LogP contribution in [0.3, 0.4) is 0 Å². The Morgan fingerprint density at radius 2 is 2.12 bits per heavy atom. The number of likely N-dealkylation sites (tertiary alicyclic amines) is 2. The maximum absolute atomic E-state index is 13.0. The second kappa shape index (κ2) is 6.28. The highest BCUT2D eigenvalue weighted by Gasteiger charge is 2.49. The molecule has 1 N–H and O–H groups in total. The molecule has 1 spiro atoms. The molecule has 1 aliphatic carbocycles. The van der Waals surface area contributed by atoms with Crippen molar-refractivity contribution in [3.05, 3.63) is 28.4 Å². The largest absolute Gasteiger partial charge is 0.342 e. The first-order valence-corrected chi connectivity index (χ1v) is 9.16. The Morgan fingerprint density at radius 3 is 2.88 bits per heavy atom. The zero-order valence-electron chi connectivity index (χ0n) is 14.4. The second-order valence-electron chi connectivity index (χ2n) is 7.73. The van der Waals surface area contributed by atoms with Crippen LogP contribution in [0, 0.1) is 11.3 Å². The molecular formula is C18H24N4O3. The van der Waals surface area contributed by atoms with Gasteiger partial charge in [0.1, 0.15) is 0 Å². The van der Waals surface area contributed by atoms with Crippen LogP contribution in [0.5, 0.6) is 0 Å². The molecule has 1 aromatic rings. The van der Waals surface area contributed by atoms with Crippen molar-refractivity contribution in [2.24, 2.45) is 11.3 Å². The molecule has 4 rings (SSSR count). The minimum atomic E-state index is -0.399. The number of aromatic nitrogens is 2. The lowest BCUT2D eigenvalue weighted by molar-refractivity contribution is -0.146. The van der Waals surface area contributed by atoms with Gasteiger partial charge in [-0.3, -0.25) is 14.4 Å². The van der Waals surface area contributed by atoms with Crippen LogP contribution in [-0.4, -0.2) is 57.8 Å². The SMILES string of the molecule is O=C(Cc1cnc[nH]c1=O)N1CC[C@@]2(CCCN(CC3CC3)C2=O)C1. The van der Waals surface area contributed by atoms with Gasteiger partial charge in [-0.1, -0.05) is 0 Å². The number of carbonyl (C=O) groups excluding carboxylic acids is 2. The number of nitrogens with zero attached hydrogens (tertiary/aromatic N) is 3. The van der Waals surface area contributed by atoms with Gasteiger partial charge in [0.05, 0.1) is 18.2 Å². The first-order chi connectivity index (χ1) is 12.1. The lowest BCUT2D eigenvalue weighted by Crippen LogP contribution is -2.51. The maximum Gasteiger partial charge on any atom is 0.254 e. The lowest BCUT2D eigenvalue weighted by atomic mass is 9.78. The summed E-state index contributed by atoms with van der Waals surface area (Å²) in [5.74, 6) is 0.832. The second-order valence-corrected chi connectivity index (χ2v) is 7.73. The minimum absolute atomic E-state index is 0.0409. The van der Waals surface area contributed by atoms with Gasteiger partial charge in [0.2, 0.25) is 11.8 Å². The lowest BCUT2D eigenvalue weighted by Gasteiger charge is -2.39. The van der Waals surface area contributed by atoms with E-state index in [-0.39, 0.29) is 23.8 Å². The Bertz CT molecular complexity index is 742. The number of carbonyl (C=O) groups is 2. The first kappa shape index (κ1) is 16.3. The quantitative estimate of drug-likeness (QED) is 0.865. The Labute approximate surface area is 146 Å². The molecule has 1 aromatic heterocycles. The fraction of sp³-hybridized carbons (Fsp3) is 0.667. The number of amides is 2. The van der Waals surface area contributed by atoms with Crippen molar-refractivity contribution >= 4 is 11.8 Å². The van der Waals surface area contributed by atoms with E-state index in [1.807, 2.05) is 4.90 Å². The average molecular weight is 344 g/mol. The molecule has 25 heavy (non-hydrogen) atoms. The number of hydrogen-bond donors (Lipinski definition) is 1. The summed E-state index contributed by atoms with van der Waals surface area (Å²) in [5.41, 5.74) is -0.301. The highest BCUT2D eigenvalue weighted by Crippen LogP contribution is 2.41. The molecule has 1 saturated carbocycles. The number of piperidine rings is 1. The number of rotatable bonds is 4. The first-order valence-electron chi connectivity index (χ1n) is 9.16. The fourth-order valence-electron chi connectivity index (χ4n) is 4.18. The van der Waals surface area contributed by atoms with E-state index in [1.54, 1.807) is 4.90 Å². The van der Waals surface area contributed by atoms with Gasteiger partial charge >= 0.3 is 0 Å². The van der Waals surface area contributed by atoms with E-state index in [4.69, 9.17) is 0 Å². The van der Waals surface area contributed by atoms with Crippen molar-refractivity contribution in [1.29, 1.82) is 0 Å². The number of aromatic amines is 1. The molecule has 2 aliphatic heterocycles. The van der Waals surface area contributed by atoms with Gasteiger partial charge in [-0.15, -0.1) is 0 Å². The molecular weight excluding hydrogens is 320 g/mol. The third-order valence-electron chi connectivity index (χ3n) is 5.84. The molecule has 3 fully saturated rings. The third kappa shape index (κ3) is 3.19. The van der Waals surface area contributed by atoms with Gasteiger partial charge in [0.25, 0.3) is 5.56 Å². The fourth-order valence-corrected chi connectivity index (χ4v) is 4.18. The van der Waals surface area contributed by atoms with E-state index in [0.29, 0.717) is 24.6 Å². The maximum atomic E-state index is 13.0. The molecule has 3 heterocycles. The monoisotopic (exact) mass is 344 g/mol. The molecule has 0 unspecified atom stereocenters. The van der Waals surface area contributed by atoms with Gasteiger partial charge < -0.3 is 14.8 Å². The molecule has 2 amide bonds. The number of nitrogens with one attached hydrogen (secondary N) is 1. The highest BCUT2D eigenvalue weighted by atomic mass is 16.2. The topological polar surface area (TPSA) is 86.4 Å². The van der Waals surface area contributed by atoms with Crippen molar-refractivity contribution in [2.45, 2.75) is 38.5 Å². The van der Waals surface area contributed by atoms with E-state index in [2.05, 4.69) is 9.97 Å². The van der Waals surface area contributed by atoms with Crippen LogP contribution >= 0.6 is 0 Å². The Kier molecular flexibility index (Phi) is 4.09. The molecule has 0 radical (unpaired) electrons. The van der Waals surface area contributed by atoms with Crippen LogP contribution in [0.15, 0.2) is 17.3 Å². The normalized spacial score (nSPS) is 26.5. The van der Waals surface area contributed by atoms with Gasteiger partial charge in [0.15, 0.2) is 0 Å². The predicted molar refractivity (Wildman–Crippen MR) is 90.7 cm³/mol. The summed E-state index contributed by atoms with van der Waals surface area (Å²) in [4.78, 5) is 47.5. The number of hydrogen-bond acceptors (Lipinski definition) is 4. The van der Waals surface area contributed by atoms with E-state index in [1.165, 1.54) is 25.4 Å². The highest BCUT2D eigenvalue weighted by molar-refractivity contribution is 5.86. The van der Waals surface area contributed by atoms with Crippen LogP contribution in [0.25, 0.3) is 0 Å². The van der Waals surface area contributed by atoms with Crippen molar-refractivity contribution in [3.8, 4) is 0 Å². The molecule has 2 saturated heterocycles. The van der Waals surface area contributed by atoms with Crippen molar-refractivity contribution in [2.75, 3.05) is 26.2 Å². The van der Waals surface area contributed by atoms with Gasteiger partial charge in [-0.25, -0.2) is 4.98 Å². The average Bonchev–Trinajstić information content (AvgIpc) is 3.32. The van der Waals surface area contributed by atoms with E-state index in [0.717, 1.165) is 32.4 Å². The smallest absolute Gasteiger partial charge is 0.254 e. The molecule has 0 aromatic carbocycles. The van der Waals surface area contributed by atoms with E-state index in [9.17, 15) is 14.4 Å². The van der Waals surface area contributed by atoms with Crippen molar-refractivity contribution in [3.63, 3.8) is 0 Å². The van der Waals surface area contributed by atoms with Crippen molar-refractivity contribution in [1.82, 2.24) is 19.8 Å². The molecule has 0 bridgehead atoms. The van der Waals surface area contributed by atoms with E-state index < -0.39 is 5.41 Å². The van der Waals surface area contributed by atoms with E-state index >= 15 is 0 Å². The molecule has 3 aliphatic rings.